The van der Waals surface area contributed by atoms with Crippen LogP contribution in [-0.4, -0.2) is 62.3 Å². The number of ether oxygens (including phenoxy) is 4. The average molecular weight is 515 g/mol. The normalized spacial score (nSPS) is 10.5. The van der Waals surface area contributed by atoms with Gasteiger partial charge in [0.2, 0.25) is 0 Å². The lowest BCUT2D eigenvalue weighted by Crippen LogP contribution is -2.26. The van der Waals surface area contributed by atoms with Crippen LogP contribution in [-0.2, 0) is 13.1 Å². The summed E-state index contributed by atoms with van der Waals surface area (Å²) in [5.74, 6) is 4.36. The quantitative estimate of drug-likeness (QED) is 0.351. The predicted octanol–water partition coefficient (Wildman–Crippen LogP) is 4.93. The first kappa shape index (κ1) is 26.3. The minimum Gasteiger partial charge on any atom is -0.497 e. The van der Waals surface area contributed by atoms with Gasteiger partial charge in [0.1, 0.15) is 44.5 Å². The fourth-order valence-electron chi connectivity index (χ4n) is 3.58. The van der Waals surface area contributed by atoms with E-state index in [4.69, 9.17) is 47.8 Å². The summed E-state index contributed by atoms with van der Waals surface area (Å²) >= 11 is 11.4. The first-order chi connectivity index (χ1) is 16.8. The van der Waals surface area contributed by atoms with Gasteiger partial charge in [-0.1, -0.05) is 24.4 Å². The van der Waals surface area contributed by atoms with E-state index in [0.717, 1.165) is 22.6 Å². The molecule has 0 atom stereocenters. The molecular weight excluding hydrogens is 484 g/mol. The van der Waals surface area contributed by atoms with Gasteiger partial charge in [-0.05, 0) is 48.5 Å². The second-order valence-corrected chi connectivity index (χ2v) is 8.60. The molecule has 0 aliphatic rings. The third-order valence-corrected chi connectivity index (χ3v) is 6.53. The molecule has 3 rings (SSSR count). The Balaban J connectivity index is 1.69. The highest BCUT2D eigenvalue weighted by atomic mass is 32.1. The third kappa shape index (κ3) is 6.23. The lowest BCUT2D eigenvalue weighted by Gasteiger charge is -2.22. The Morgan fingerprint density at radius 1 is 0.657 bits per heavy atom. The molecule has 186 valence electrons. The molecule has 1 aromatic heterocycles. The summed E-state index contributed by atoms with van der Waals surface area (Å²) in [6, 6.07) is 15.0. The summed E-state index contributed by atoms with van der Waals surface area (Å²) in [4.78, 5) is 5.12. The SMILES string of the molecule is COc1ccc(OC)c(C(=S)N(C)Cc2ccc(CN(C)C(=S)c3cc(OC)ccc3OC)o2)c1. The highest BCUT2D eigenvalue weighted by Crippen LogP contribution is 2.28. The van der Waals surface area contributed by atoms with Crippen molar-refractivity contribution >= 4 is 34.4 Å². The van der Waals surface area contributed by atoms with Crippen LogP contribution in [0.4, 0.5) is 0 Å². The minimum absolute atomic E-state index is 0.497. The zero-order chi connectivity index (χ0) is 25.5. The smallest absolute Gasteiger partial charge is 0.129 e. The average Bonchev–Trinajstić information content (AvgIpc) is 3.32. The van der Waals surface area contributed by atoms with Gasteiger partial charge in [-0.15, -0.1) is 0 Å². The number of benzene rings is 2. The van der Waals surface area contributed by atoms with E-state index in [0.29, 0.717) is 46.1 Å². The molecule has 0 bridgehead atoms. The second kappa shape index (κ2) is 11.9. The third-order valence-electron chi connectivity index (χ3n) is 5.47. The lowest BCUT2D eigenvalue weighted by molar-refractivity contribution is 0.362. The van der Waals surface area contributed by atoms with Crippen LogP contribution in [0.3, 0.4) is 0 Å². The molecule has 0 unspecified atom stereocenters. The van der Waals surface area contributed by atoms with Crippen molar-refractivity contribution < 1.29 is 23.4 Å². The maximum atomic E-state index is 6.09. The number of methoxy groups -OCH3 is 4. The Bertz CT molecular complexity index is 1100. The zero-order valence-electron chi connectivity index (χ0n) is 20.8. The summed E-state index contributed by atoms with van der Waals surface area (Å²) in [6.07, 6.45) is 0. The van der Waals surface area contributed by atoms with Gasteiger partial charge in [0.15, 0.2) is 0 Å². The van der Waals surface area contributed by atoms with E-state index in [1.165, 1.54) is 0 Å². The minimum atomic E-state index is 0.497. The predicted molar refractivity (Wildman–Crippen MR) is 144 cm³/mol. The monoisotopic (exact) mass is 514 g/mol. The van der Waals surface area contributed by atoms with E-state index in [-0.39, 0.29) is 0 Å². The van der Waals surface area contributed by atoms with Crippen LogP contribution in [0.2, 0.25) is 0 Å². The lowest BCUT2D eigenvalue weighted by atomic mass is 10.1. The molecule has 0 aliphatic carbocycles. The van der Waals surface area contributed by atoms with E-state index < -0.39 is 0 Å². The second-order valence-electron chi connectivity index (χ2n) is 7.82. The molecule has 0 spiro atoms. The summed E-state index contributed by atoms with van der Waals surface area (Å²) < 4.78 is 27.7. The Kier molecular flexibility index (Phi) is 8.95. The van der Waals surface area contributed by atoms with Gasteiger partial charge >= 0.3 is 0 Å². The van der Waals surface area contributed by atoms with Gasteiger partial charge in [0.25, 0.3) is 0 Å². The van der Waals surface area contributed by atoms with Gasteiger partial charge in [0, 0.05) is 14.1 Å². The van der Waals surface area contributed by atoms with Crippen LogP contribution >= 0.6 is 24.4 Å². The van der Waals surface area contributed by atoms with E-state index in [2.05, 4.69) is 0 Å². The summed E-state index contributed by atoms with van der Waals surface area (Å²) in [5, 5.41) is 0. The molecule has 0 radical (unpaired) electrons. The molecule has 7 nitrogen and oxygen atoms in total. The van der Waals surface area contributed by atoms with Crippen LogP contribution < -0.4 is 18.9 Å². The van der Waals surface area contributed by atoms with Crippen LogP contribution in [0.5, 0.6) is 23.0 Å². The molecule has 2 aromatic carbocycles. The molecule has 1 heterocycles. The van der Waals surface area contributed by atoms with Crippen molar-refractivity contribution in [3.8, 4) is 23.0 Å². The van der Waals surface area contributed by atoms with Crippen molar-refractivity contribution in [2.45, 2.75) is 13.1 Å². The highest BCUT2D eigenvalue weighted by Gasteiger charge is 2.18. The molecule has 0 saturated carbocycles. The summed E-state index contributed by atoms with van der Waals surface area (Å²) in [5.41, 5.74) is 1.57. The Labute approximate surface area is 217 Å². The maximum Gasteiger partial charge on any atom is 0.129 e. The van der Waals surface area contributed by atoms with E-state index in [1.54, 1.807) is 28.4 Å². The van der Waals surface area contributed by atoms with Gasteiger partial charge in [-0.2, -0.15) is 0 Å². The van der Waals surface area contributed by atoms with E-state index >= 15 is 0 Å². The Hall–Kier alpha value is -3.30. The molecule has 0 fully saturated rings. The number of hydrogen-bond donors (Lipinski definition) is 0. The molecule has 35 heavy (non-hydrogen) atoms. The van der Waals surface area contributed by atoms with Crippen LogP contribution in [0.25, 0.3) is 0 Å². The fraction of sp³-hybridized carbons (Fsp3) is 0.308. The van der Waals surface area contributed by atoms with Gasteiger partial charge in [-0.3, -0.25) is 0 Å². The molecule has 0 saturated heterocycles. The van der Waals surface area contributed by atoms with Crippen molar-refractivity contribution in [2.75, 3.05) is 42.5 Å². The standard InChI is InChI=1S/C26H30N2O5S2/c1-27(25(34)21-13-17(29-3)9-11-23(21)31-5)15-19-7-8-20(33-19)16-28(2)26(35)22-14-18(30-4)10-12-24(22)32-6/h7-14H,15-16H2,1-6H3. The topological polar surface area (TPSA) is 56.5 Å². The van der Waals surface area contributed by atoms with Crippen molar-refractivity contribution in [1.82, 2.24) is 9.80 Å². The number of furan rings is 1. The van der Waals surface area contributed by atoms with Crippen molar-refractivity contribution in [3.05, 3.63) is 71.2 Å². The fourth-order valence-corrected chi connectivity index (χ4v) is 4.03. The molecule has 0 aliphatic heterocycles. The van der Waals surface area contributed by atoms with Gasteiger partial charge in [0.05, 0.1) is 52.7 Å². The largest absolute Gasteiger partial charge is 0.497 e. The number of thiocarbonyl (C=S) groups is 2. The van der Waals surface area contributed by atoms with Gasteiger partial charge < -0.3 is 33.2 Å². The van der Waals surface area contributed by atoms with Crippen molar-refractivity contribution in [1.29, 1.82) is 0 Å². The van der Waals surface area contributed by atoms with Crippen LogP contribution in [0.1, 0.15) is 22.6 Å². The molecule has 9 heteroatoms. The molecule has 0 amide bonds. The van der Waals surface area contributed by atoms with E-state index in [9.17, 15) is 0 Å². The molecule has 3 aromatic rings. The summed E-state index contributed by atoms with van der Waals surface area (Å²) in [6.45, 7) is 0.994. The zero-order valence-corrected chi connectivity index (χ0v) is 22.4. The van der Waals surface area contributed by atoms with E-state index in [1.807, 2.05) is 72.4 Å². The van der Waals surface area contributed by atoms with Crippen molar-refractivity contribution in [3.63, 3.8) is 0 Å². The Morgan fingerprint density at radius 2 is 1.06 bits per heavy atom. The van der Waals surface area contributed by atoms with Crippen molar-refractivity contribution in [2.24, 2.45) is 0 Å². The summed E-state index contributed by atoms with van der Waals surface area (Å²) in [7, 11) is 10.3. The Morgan fingerprint density at radius 3 is 1.40 bits per heavy atom. The molecule has 0 N–H and O–H groups in total. The highest BCUT2D eigenvalue weighted by molar-refractivity contribution is 7.81. The number of rotatable bonds is 10. The van der Waals surface area contributed by atoms with Crippen LogP contribution in [0.15, 0.2) is 52.9 Å². The number of nitrogens with zero attached hydrogens (tertiary/aromatic N) is 2. The molecular formula is C26H30N2O5S2. The van der Waals surface area contributed by atoms with Gasteiger partial charge in [-0.25, -0.2) is 0 Å². The maximum absolute atomic E-state index is 6.09. The first-order valence-corrected chi connectivity index (χ1v) is 11.7. The number of hydrogen-bond acceptors (Lipinski definition) is 7. The first-order valence-electron chi connectivity index (χ1n) is 10.8. The van der Waals surface area contributed by atoms with Crippen LogP contribution in [0, 0.1) is 0 Å².